The Hall–Kier alpha value is -1.91. The van der Waals surface area contributed by atoms with Crippen molar-refractivity contribution in [2.24, 2.45) is 4.99 Å². The van der Waals surface area contributed by atoms with Crippen molar-refractivity contribution in [3.05, 3.63) is 33.4 Å². The Morgan fingerprint density at radius 2 is 2.13 bits per heavy atom. The van der Waals surface area contributed by atoms with Gasteiger partial charge in [-0.3, -0.25) is 15.1 Å². The third kappa shape index (κ3) is 2.12. The Balaban J connectivity index is 3.48. The maximum Gasteiger partial charge on any atom is 0.311 e. The van der Waals surface area contributed by atoms with E-state index in [2.05, 4.69) is 4.99 Å². The number of nitrogens with zero attached hydrogens (tertiary/aromatic N) is 2. The minimum atomic E-state index is -0.602. The molecule has 80 valence electrons. The number of nitro groups is 1. The minimum Gasteiger partial charge on any atom is -0.502 e. The maximum absolute atomic E-state index is 10.6. The highest BCUT2D eigenvalue weighted by Gasteiger charge is 2.18. The number of aromatic hydroxyl groups is 1. The highest BCUT2D eigenvalue weighted by molar-refractivity contribution is 6.02. The lowest BCUT2D eigenvalue weighted by Crippen LogP contribution is -1.99. The molecule has 0 radical (unpaired) electrons. The zero-order valence-corrected chi connectivity index (χ0v) is 8.81. The largest absolute Gasteiger partial charge is 0.502 e. The van der Waals surface area contributed by atoms with E-state index in [1.165, 1.54) is 6.07 Å². The number of aliphatic imine (C=N–C) groups is 1. The molecule has 5 nitrogen and oxygen atoms in total. The highest BCUT2D eigenvalue weighted by Crippen LogP contribution is 2.31. The van der Waals surface area contributed by atoms with Crippen molar-refractivity contribution in [1.29, 1.82) is 0 Å². The minimum absolute atomic E-state index is 0.284. The number of rotatable bonds is 2. The summed E-state index contributed by atoms with van der Waals surface area (Å²) in [6.45, 7) is 3.43. The molecule has 0 heterocycles. The van der Waals surface area contributed by atoms with Gasteiger partial charge in [0.05, 0.1) is 4.92 Å². The lowest BCUT2D eigenvalue weighted by molar-refractivity contribution is -0.385. The van der Waals surface area contributed by atoms with Crippen LogP contribution in [-0.2, 0) is 0 Å². The van der Waals surface area contributed by atoms with E-state index in [0.29, 0.717) is 11.3 Å². The Bertz CT molecular complexity index is 439. The second-order valence-electron chi connectivity index (χ2n) is 3.25. The van der Waals surface area contributed by atoms with Gasteiger partial charge in [-0.1, -0.05) is 0 Å². The van der Waals surface area contributed by atoms with Gasteiger partial charge in [0.2, 0.25) is 5.75 Å². The van der Waals surface area contributed by atoms with Gasteiger partial charge in [0, 0.05) is 24.4 Å². The fraction of sp³-hybridized carbons (Fsp3) is 0.300. The number of hydrogen-bond donors (Lipinski definition) is 1. The molecule has 1 aromatic carbocycles. The summed E-state index contributed by atoms with van der Waals surface area (Å²) in [5, 5.41) is 20.3. The van der Waals surface area contributed by atoms with E-state index in [0.717, 1.165) is 5.56 Å². The van der Waals surface area contributed by atoms with Gasteiger partial charge < -0.3 is 5.11 Å². The molecule has 0 aromatic heterocycles. The predicted octanol–water partition coefficient (Wildman–Crippen LogP) is 2.05. The van der Waals surface area contributed by atoms with Crippen LogP contribution in [0.4, 0.5) is 5.69 Å². The van der Waals surface area contributed by atoms with Gasteiger partial charge >= 0.3 is 5.69 Å². The van der Waals surface area contributed by atoms with E-state index >= 15 is 0 Å². The lowest BCUT2D eigenvalue weighted by atomic mass is 10.1. The number of hydrogen-bond acceptors (Lipinski definition) is 4. The molecule has 0 fully saturated rings. The van der Waals surface area contributed by atoms with Gasteiger partial charge in [0.15, 0.2) is 0 Å². The first-order valence-corrected chi connectivity index (χ1v) is 4.39. The lowest BCUT2D eigenvalue weighted by Gasteiger charge is -2.05. The summed E-state index contributed by atoms with van der Waals surface area (Å²) in [5.41, 5.74) is 1.41. The van der Waals surface area contributed by atoms with Crippen molar-refractivity contribution in [3.63, 3.8) is 0 Å². The summed E-state index contributed by atoms with van der Waals surface area (Å²) in [4.78, 5) is 13.9. The SMILES string of the molecule is CN=C(C)c1cc(C)cc([N+](=O)[O-])c1O. The molecule has 1 N–H and O–H groups in total. The summed E-state index contributed by atoms with van der Waals surface area (Å²) < 4.78 is 0. The van der Waals surface area contributed by atoms with E-state index in [1.807, 2.05) is 0 Å². The van der Waals surface area contributed by atoms with Crippen molar-refractivity contribution in [1.82, 2.24) is 0 Å². The summed E-state index contributed by atoms with van der Waals surface area (Å²) in [6, 6.07) is 3.01. The molecule has 0 amide bonds. The zero-order valence-electron chi connectivity index (χ0n) is 8.81. The van der Waals surface area contributed by atoms with Crippen LogP contribution in [0.2, 0.25) is 0 Å². The molecule has 15 heavy (non-hydrogen) atoms. The van der Waals surface area contributed by atoms with Gasteiger partial charge in [0.1, 0.15) is 0 Å². The molecule has 0 aliphatic heterocycles. The van der Waals surface area contributed by atoms with Gasteiger partial charge in [-0.05, 0) is 25.5 Å². The third-order valence-corrected chi connectivity index (χ3v) is 2.16. The molecule has 1 rings (SSSR count). The number of aryl methyl sites for hydroxylation is 1. The fourth-order valence-corrected chi connectivity index (χ4v) is 1.30. The summed E-state index contributed by atoms with van der Waals surface area (Å²) in [5.74, 6) is -0.325. The molecule has 0 atom stereocenters. The Kier molecular flexibility index (Phi) is 3.04. The second kappa shape index (κ2) is 4.08. The van der Waals surface area contributed by atoms with E-state index in [9.17, 15) is 15.2 Å². The van der Waals surface area contributed by atoms with Crippen molar-refractivity contribution in [3.8, 4) is 5.75 Å². The van der Waals surface area contributed by atoms with Crippen LogP contribution in [0, 0.1) is 17.0 Å². The fourth-order valence-electron chi connectivity index (χ4n) is 1.30. The standard InChI is InChI=1S/C10H12N2O3/c1-6-4-8(7(2)11-3)10(13)9(5-6)12(14)15/h4-5,13H,1-3H3. The molecule has 0 bridgehead atoms. The van der Waals surface area contributed by atoms with Crippen LogP contribution >= 0.6 is 0 Å². The smallest absolute Gasteiger partial charge is 0.311 e. The third-order valence-electron chi connectivity index (χ3n) is 2.16. The number of nitro benzene ring substituents is 1. The van der Waals surface area contributed by atoms with Crippen LogP contribution in [0.15, 0.2) is 17.1 Å². The Morgan fingerprint density at radius 1 is 1.53 bits per heavy atom. The second-order valence-corrected chi connectivity index (χ2v) is 3.25. The van der Waals surface area contributed by atoms with E-state index in [4.69, 9.17) is 0 Å². The van der Waals surface area contributed by atoms with E-state index in [1.54, 1.807) is 27.0 Å². The van der Waals surface area contributed by atoms with Crippen molar-refractivity contribution < 1.29 is 10.0 Å². The predicted molar refractivity (Wildman–Crippen MR) is 57.6 cm³/mol. The van der Waals surface area contributed by atoms with Crippen LogP contribution in [0.5, 0.6) is 5.75 Å². The number of phenolic OH excluding ortho intramolecular Hbond substituents is 1. The molecule has 0 aliphatic rings. The van der Waals surface area contributed by atoms with Crippen LogP contribution in [0.3, 0.4) is 0 Å². The van der Waals surface area contributed by atoms with Gasteiger partial charge in [-0.15, -0.1) is 0 Å². The summed E-state index contributed by atoms with van der Waals surface area (Å²) in [6.07, 6.45) is 0. The molecular weight excluding hydrogens is 196 g/mol. The Morgan fingerprint density at radius 3 is 2.60 bits per heavy atom. The topological polar surface area (TPSA) is 75.7 Å². The highest BCUT2D eigenvalue weighted by atomic mass is 16.6. The molecule has 0 spiro atoms. The first-order chi connectivity index (χ1) is 6.97. The first-order valence-electron chi connectivity index (χ1n) is 4.39. The average Bonchev–Trinajstić information content (AvgIpc) is 2.19. The molecule has 0 unspecified atom stereocenters. The van der Waals surface area contributed by atoms with Crippen LogP contribution in [-0.4, -0.2) is 22.8 Å². The molecule has 1 aromatic rings. The molecule has 0 saturated heterocycles. The summed E-state index contributed by atoms with van der Waals surface area (Å²) >= 11 is 0. The van der Waals surface area contributed by atoms with Crippen molar-refractivity contribution >= 4 is 11.4 Å². The summed E-state index contributed by atoms with van der Waals surface area (Å²) in [7, 11) is 1.57. The van der Waals surface area contributed by atoms with E-state index in [-0.39, 0.29) is 11.4 Å². The van der Waals surface area contributed by atoms with Gasteiger partial charge in [-0.2, -0.15) is 0 Å². The van der Waals surface area contributed by atoms with Crippen LogP contribution < -0.4 is 0 Å². The molecule has 0 aliphatic carbocycles. The molecular formula is C10H12N2O3. The monoisotopic (exact) mass is 208 g/mol. The van der Waals surface area contributed by atoms with Gasteiger partial charge in [0.25, 0.3) is 0 Å². The average molecular weight is 208 g/mol. The number of benzene rings is 1. The molecule has 5 heteroatoms. The van der Waals surface area contributed by atoms with E-state index < -0.39 is 4.92 Å². The van der Waals surface area contributed by atoms with Crippen molar-refractivity contribution in [2.45, 2.75) is 13.8 Å². The van der Waals surface area contributed by atoms with Crippen LogP contribution in [0.1, 0.15) is 18.1 Å². The normalized spacial score (nSPS) is 11.5. The molecule has 0 saturated carbocycles. The maximum atomic E-state index is 10.6. The van der Waals surface area contributed by atoms with Crippen molar-refractivity contribution in [2.75, 3.05) is 7.05 Å². The zero-order chi connectivity index (χ0) is 11.6. The van der Waals surface area contributed by atoms with Crippen LogP contribution in [0.25, 0.3) is 0 Å². The Labute approximate surface area is 87.2 Å². The number of phenols is 1. The first kappa shape index (κ1) is 11.2. The quantitative estimate of drug-likeness (QED) is 0.459. The van der Waals surface area contributed by atoms with Gasteiger partial charge in [-0.25, -0.2) is 0 Å².